The molecule has 0 unspecified atom stereocenters. The van der Waals surface area contributed by atoms with Gasteiger partial charge < -0.3 is 10.2 Å². The summed E-state index contributed by atoms with van der Waals surface area (Å²) in [6.45, 7) is 2.06. The monoisotopic (exact) mass is 312 g/mol. The number of hydrogen-bond donors (Lipinski definition) is 1. The summed E-state index contributed by atoms with van der Waals surface area (Å²) in [6, 6.07) is 6.96. The second-order valence-corrected chi connectivity index (χ2v) is 6.37. The van der Waals surface area contributed by atoms with Crippen molar-refractivity contribution >= 4 is 10.0 Å². The maximum absolute atomic E-state index is 13.4. The van der Waals surface area contributed by atoms with Gasteiger partial charge in [0, 0.05) is 13.1 Å². The molecule has 0 aliphatic rings. The number of halogens is 1. The van der Waals surface area contributed by atoms with E-state index in [2.05, 4.69) is 0 Å². The zero-order valence-corrected chi connectivity index (χ0v) is 12.4. The van der Waals surface area contributed by atoms with E-state index in [0.717, 1.165) is 6.07 Å². The van der Waals surface area contributed by atoms with Gasteiger partial charge >= 0.3 is 0 Å². The zero-order valence-electron chi connectivity index (χ0n) is 11.6. The largest absolute Gasteiger partial charge is 0.468 e. The highest BCUT2D eigenvalue weighted by molar-refractivity contribution is 7.89. The summed E-state index contributed by atoms with van der Waals surface area (Å²) in [7, 11) is -3.84. The van der Waals surface area contributed by atoms with Gasteiger partial charge in [-0.05, 0) is 29.8 Å². The molecular formula is C14H17FN2O3S. The Labute approximate surface area is 123 Å². The van der Waals surface area contributed by atoms with E-state index in [1.807, 2.05) is 0 Å². The molecule has 0 radical (unpaired) electrons. The van der Waals surface area contributed by atoms with E-state index in [1.54, 1.807) is 19.1 Å². The summed E-state index contributed by atoms with van der Waals surface area (Å²) in [5, 5.41) is 0. The van der Waals surface area contributed by atoms with Crippen LogP contribution in [0.5, 0.6) is 0 Å². The van der Waals surface area contributed by atoms with Crippen LogP contribution in [0.2, 0.25) is 0 Å². The fraction of sp³-hybridized carbons (Fsp3) is 0.286. The zero-order chi connectivity index (χ0) is 15.5. The first-order valence-corrected chi connectivity index (χ1v) is 7.94. The van der Waals surface area contributed by atoms with Gasteiger partial charge in [-0.1, -0.05) is 13.0 Å². The van der Waals surface area contributed by atoms with Gasteiger partial charge in [0.1, 0.15) is 11.6 Å². The summed E-state index contributed by atoms with van der Waals surface area (Å²) in [6.07, 6.45) is 1.48. The van der Waals surface area contributed by atoms with E-state index in [1.165, 1.54) is 22.7 Å². The van der Waals surface area contributed by atoms with Crippen LogP contribution in [-0.2, 0) is 23.1 Å². The molecule has 114 valence electrons. The molecular weight excluding hydrogens is 295 g/mol. The quantitative estimate of drug-likeness (QED) is 0.886. The number of furan rings is 1. The Morgan fingerprint density at radius 2 is 2.10 bits per heavy atom. The molecule has 0 spiro atoms. The molecule has 1 aromatic carbocycles. The fourth-order valence-corrected chi connectivity index (χ4v) is 3.68. The Morgan fingerprint density at radius 1 is 1.33 bits per heavy atom. The molecule has 0 saturated carbocycles. The maximum Gasteiger partial charge on any atom is 0.243 e. The number of sulfonamides is 1. The molecule has 0 saturated heterocycles. The molecule has 1 aromatic heterocycles. The SMILES string of the molecule is CCN(Cc1ccco1)S(=O)(=O)c1cc(F)ccc1CN. The highest BCUT2D eigenvalue weighted by atomic mass is 32.2. The number of nitrogens with zero attached hydrogens (tertiary/aromatic N) is 1. The standard InChI is InChI=1S/C14H17FN2O3S/c1-2-17(10-13-4-3-7-20-13)21(18,19)14-8-12(15)6-5-11(14)9-16/h3-8H,2,9-10,16H2,1H3. The third-order valence-electron chi connectivity index (χ3n) is 3.13. The first-order valence-electron chi connectivity index (χ1n) is 6.50. The molecule has 0 atom stereocenters. The molecule has 1 heterocycles. The Balaban J connectivity index is 2.41. The van der Waals surface area contributed by atoms with Gasteiger partial charge in [0.15, 0.2) is 0 Å². The summed E-state index contributed by atoms with van der Waals surface area (Å²) in [4.78, 5) is -0.0987. The average Bonchev–Trinajstić information content (AvgIpc) is 2.97. The van der Waals surface area contributed by atoms with Crippen LogP contribution in [0.25, 0.3) is 0 Å². The predicted octanol–water partition coefficient (Wildman–Crippen LogP) is 2.09. The van der Waals surface area contributed by atoms with Gasteiger partial charge in [0.2, 0.25) is 10.0 Å². The molecule has 2 aromatic rings. The van der Waals surface area contributed by atoms with Crippen LogP contribution in [0, 0.1) is 5.82 Å². The van der Waals surface area contributed by atoms with Crippen molar-refractivity contribution in [3.8, 4) is 0 Å². The normalized spacial score (nSPS) is 12.0. The van der Waals surface area contributed by atoms with Crippen LogP contribution in [0.4, 0.5) is 4.39 Å². The Bertz CT molecular complexity index is 699. The lowest BCUT2D eigenvalue weighted by molar-refractivity contribution is 0.375. The first kappa shape index (κ1) is 15.7. The second-order valence-electron chi connectivity index (χ2n) is 4.47. The van der Waals surface area contributed by atoms with Gasteiger partial charge in [-0.3, -0.25) is 0 Å². The van der Waals surface area contributed by atoms with Crippen molar-refractivity contribution < 1.29 is 17.2 Å². The molecule has 0 fully saturated rings. The molecule has 7 heteroatoms. The van der Waals surface area contributed by atoms with Crippen molar-refractivity contribution in [1.29, 1.82) is 0 Å². The van der Waals surface area contributed by atoms with Gasteiger partial charge in [-0.2, -0.15) is 4.31 Å². The number of rotatable bonds is 6. The first-order chi connectivity index (χ1) is 9.98. The molecule has 0 amide bonds. The Kier molecular flexibility index (Phi) is 4.76. The summed E-state index contributed by atoms with van der Waals surface area (Å²) in [5.74, 6) is -0.0917. The van der Waals surface area contributed by atoms with Crippen molar-refractivity contribution in [2.75, 3.05) is 6.54 Å². The van der Waals surface area contributed by atoms with E-state index >= 15 is 0 Å². The van der Waals surface area contributed by atoms with Crippen LogP contribution in [0.1, 0.15) is 18.2 Å². The van der Waals surface area contributed by atoms with E-state index in [-0.39, 0.29) is 24.5 Å². The van der Waals surface area contributed by atoms with Crippen LogP contribution >= 0.6 is 0 Å². The maximum atomic E-state index is 13.4. The van der Waals surface area contributed by atoms with Gasteiger partial charge in [-0.15, -0.1) is 0 Å². The van der Waals surface area contributed by atoms with Crippen LogP contribution < -0.4 is 5.73 Å². The number of nitrogens with two attached hydrogens (primary N) is 1. The molecule has 0 aliphatic carbocycles. The minimum absolute atomic E-state index is 0.0210. The topological polar surface area (TPSA) is 76.5 Å². The summed E-state index contributed by atoms with van der Waals surface area (Å²) >= 11 is 0. The second kappa shape index (κ2) is 6.38. The lowest BCUT2D eigenvalue weighted by Gasteiger charge is -2.21. The van der Waals surface area contributed by atoms with Crippen molar-refractivity contribution in [1.82, 2.24) is 4.31 Å². The summed E-state index contributed by atoms with van der Waals surface area (Å²) in [5.41, 5.74) is 5.93. The van der Waals surface area contributed by atoms with Crippen molar-refractivity contribution in [3.63, 3.8) is 0 Å². The van der Waals surface area contributed by atoms with Crippen LogP contribution in [-0.4, -0.2) is 19.3 Å². The van der Waals surface area contributed by atoms with Crippen molar-refractivity contribution in [2.24, 2.45) is 5.73 Å². The molecule has 5 nitrogen and oxygen atoms in total. The van der Waals surface area contributed by atoms with Crippen molar-refractivity contribution in [3.05, 3.63) is 53.7 Å². The lowest BCUT2D eigenvalue weighted by atomic mass is 10.2. The minimum atomic E-state index is -3.84. The van der Waals surface area contributed by atoms with Gasteiger partial charge in [0.25, 0.3) is 0 Å². The fourth-order valence-electron chi connectivity index (χ4n) is 2.02. The Morgan fingerprint density at radius 3 is 2.67 bits per heavy atom. The average molecular weight is 312 g/mol. The predicted molar refractivity (Wildman–Crippen MR) is 76.3 cm³/mol. The number of hydrogen-bond acceptors (Lipinski definition) is 4. The summed E-state index contributed by atoms with van der Waals surface area (Å²) < 4.78 is 45.2. The van der Waals surface area contributed by atoms with Crippen LogP contribution in [0.3, 0.4) is 0 Å². The molecule has 2 N–H and O–H groups in total. The van der Waals surface area contributed by atoms with Crippen molar-refractivity contribution in [2.45, 2.75) is 24.9 Å². The molecule has 2 rings (SSSR count). The smallest absolute Gasteiger partial charge is 0.243 e. The van der Waals surface area contributed by atoms with Gasteiger partial charge in [-0.25, -0.2) is 12.8 Å². The lowest BCUT2D eigenvalue weighted by Crippen LogP contribution is -2.31. The molecule has 0 aliphatic heterocycles. The van der Waals surface area contributed by atoms with E-state index in [4.69, 9.17) is 10.2 Å². The molecule has 0 bridgehead atoms. The number of benzene rings is 1. The van der Waals surface area contributed by atoms with E-state index in [9.17, 15) is 12.8 Å². The van der Waals surface area contributed by atoms with Gasteiger partial charge in [0.05, 0.1) is 17.7 Å². The van der Waals surface area contributed by atoms with E-state index < -0.39 is 15.8 Å². The highest BCUT2D eigenvalue weighted by Gasteiger charge is 2.26. The Hall–Kier alpha value is -1.70. The third-order valence-corrected chi connectivity index (χ3v) is 5.13. The van der Waals surface area contributed by atoms with E-state index in [0.29, 0.717) is 11.3 Å². The van der Waals surface area contributed by atoms with Crippen LogP contribution in [0.15, 0.2) is 45.9 Å². The molecule has 21 heavy (non-hydrogen) atoms. The third kappa shape index (κ3) is 3.31. The highest BCUT2D eigenvalue weighted by Crippen LogP contribution is 2.23. The minimum Gasteiger partial charge on any atom is -0.468 e.